The third-order valence-corrected chi connectivity index (χ3v) is 14.9. The maximum Gasteiger partial charge on any atom is -0.0544 e. The van der Waals surface area contributed by atoms with E-state index in [2.05, 4.69) is 193 Å². The van der Waals surface area contributed by atoms with Crippen molar-refractivity contribution in [1.29, 1.82) is 0 Å². The summed E-state index contributed by atoms with van der Waals surface area (Å²) in [5, 5.41) is 10.5. The molecule has 3 heteroatoms. The Morgan fingerprint density at radius 1 is 0.400 bits per heavy atom. The predicted octanol–water partition coefficient (Wildman–Crippen LogP) is 14.7. The fraction of sp³-hybridized carbons (Fsp3) is 0. The van der Waals surface area contributed by atoms with E-state index in [1.165, 1.54) is 111 Å². The summed E-state index contributed by atoms with van der Waals surface area (Å²) in [4.78, 5) is 0. The van der Waals surface area contributed by atoms with E-state index in [9.17, 15) is 0 Å². The maximum absolute atomic E-state index is 2.55. The Kier molecular flexibility index (Phi) is 6.88. The predicted molar refractivity (Wildman–Crippen MR) is 239 cm³/mol. The summed E-state index contributed by atoms with van der Waals surface area (Å²) in [6.07, 6.45) is 0. The molecular weight excluding hydrogens is 750 g/mol. The molecule has 0 saturated heterocycles. The van der Waals surface area contributed by atoms with Crippen molar-refractivity contribution >= 4 is 97.9 Å². The van der Waals surface area contributed by atoms with Gasteiger partial charge in [-0.2, -0.15) is 0 Å². The van der Waals surface area contributed by atoms with Crippen molar-refractivity contribution in [3.63, 3.8) is 0 Å². The van der Waals surface area contributed by atoms with Crippen molar-refractivity contribution in [2.75, 3.05) is 0 Å². The molecular formula is C52H31NSSe. The number of aromatic nitrogens is 1. The summed E-state index contributed by atoms with van der Waals surface area (Å²) in [5.74, 6) is 0. The molecule has 55 heavy (non-hydrogen) atoms. The van der Waals surface area contributed by atoms with Crippen LogP contribution in [0.3, 0.4) is 0 Å². The molecule has 3 aromatic heterocycles. The molecule has 0 saturated carbocycles. The van der Waals surface area contributed by atoms with Gasteiger partial charge in [-0.15, -0.1) is 0 Å². The van der Waals surface area contributed by atoms with E-state index >= 15 is 0 Å². The van der Waals surface area contributed by atoms with Gasteiger partial charge in [0.05, 0.1) is 0 Å². The van der Waals surface area contributed by atoms with Gasteiger partial charge in [0, 0.05) is 0 Å². The Labute approximate surface area is 327 Å². The van der Waals surface area contributed by atoms with Gasteiger partial charge in [0.15, 0.2) is 0 Å². The molecule has 0 unspecified atom stereocenters. The number of para-hydroxylation sites is 1. The standard InChI is InChI=1S/C52H31NSSe/c1-2-12-32(13-3-1)37-27-38(35-23-22-33-14-4-5-15-34(33)26-35)29-39(28-37)53-46-19-9-6-16-40(46)45-31-43(50-42-18-7-10-20-47(42)54-52(50)51(45)53)36-24-25-49-44(30-36)41-17-8-11-21-48(41)55-49/h1-31H. The second kappa shape index (κ2) is 12.1. The molecule has 0 fully saturated rings. The fourth-order valence-corrected chi connectivity index (χ4v) is 12.3. The zero-order valence-electron chi connectivity index (χ0n) is 29.7. The van der Waals surface area contributed by atoms with Gasteiger partial charge in [0.1, 0.15) is 0 Å². The van der Waals surface area contributed by atoms with Gasteiger partial charge in [-0.1, -0.05) is 66.7 Å². The van der Waals surface area contributed by atoms with Gasteiger partial charge in [-0.05, 0) is 34.0 Å². The summed E-state index contributed by atoms with van der Waals surface area (Å²) in [6, 6.07) is 70.1. The van der Waals surface area contributed by atoms with Crippen LogP contribution in [0, 0.1) is 0 Å². The number of rotatable bonds is 4. The Bertz CT molecular complexity index is 3490. The van der Waals surface area contributed by atoms with Crippen molar-refractivity contribution in [2.45, 2.75) is 0 Å². The van der Waals surface area contributed by atoms with Crippen LogP contribution in [0.5, 0.6) is 0 Å². The van der Waals surface area contributed by atoms with Crippen LogP contribution >= 0.6 is 11.3 Å². The Morgan fingerprint density at radius 2 is 1.09 bits per heavy atom. The Morgan fingerprint density at radius 3 is 1.98 bits per heavy atom. The molecule has 0 bridgehead atoms. The van der Waals surface area contributed by atoms with Crippen molar-refractivity contribution in [2.24, 2.45) is 0 Å². The van der Waals surface area contributed by atoms with Crippen LogP contribution in [0.4, 0.5) is 0 Å². The molecule has 3 heterocycles. The molecule has 9 aromatic carbocycles. The van der Waals surface area contributed by atoms with Crippen molar-refractivity contribution in [3.8, 4) is 39.1 Å². The molecule has 0 aliphatic heterocycles. The van der Waals surface area contributed by atoms with Crippen molar-refractivity contribution in [3.05, 3.63) is 188 Å². The molecule has 0 spiro atoms. The molecule has 1 nitrogen and oxygen atoms in total. The number of benzene rings is 9. The summed E-state index contributed by atoms with van der Waals surface area (Å²) < 4.78 is 8.14. The fourth-order valence-electron chi connectivity index (χ4n) is 8.79. The quantitative estimate of drug-likeness (QED) is 0.157. The minimum absolute atomic E-state index is 0.340. The first-order valence-corrected chi connectivity index (χ1v) is 21.3. The summed E-state index contributed by atoms with van der Waals surface area (Å²) in [6.45, 7) is 0. The minimum Gasteiger partial charge on any atom is -0.0617 e. The molecule has 0 amide bonds. The van der Waals surface area contributed by atoms with Gasteiger partial charge in [0.2, 0.25) is 0 Å². The molecule has 0 aliphatic carbocycles. The summed E-state index contributed by atoms with van der Waals surface area (Å²) in [7, 11) is 0. The zero-order chi connectivity index (χ0) is 36.0. The minimum atomic E-state index is 0.340. The van der Waals surface area contributed by atoms with Crippen LogP contribution in [0.1, 0.15) is 0 Å². The number of nitrogens with zero attached hydrogens (tertiary/aromatic N) is 1. The normalized spacial score (nSPS) is 12.0. The third-order valence-electron chi connectivity index (χ3n) is 11.3. The summed E-state index contributed by atoms with van der Waals surface area (Å²) >= 11 is 2.26. The first-order valence-electron chi connectivity index (χ1n) is 18.7. The van der Waals surface area contributed by atoms with Crippen LogP contribution in [0.15, 0.2) is 188 Å². The van der Waals surface area contributed by atoms with Crippen LogP contribution in [0.2, 0.25) is 0 Å². The Hall–Kier alpha value is -6.22. The topological polar surface area (TPSA) is 4.93 Å². The van der Waals surface area contributed by atoms with E-state index in [-0.39, 0.29) is 0 Å². The van der Waals surface area contributed by atoms with Crippen molar-refractivity contribution in [1.82, 2.24) is 4.57 Å². The molecule has 12 aromatic rings. The largest absolute Gasteiger partial charge is 0.0617 e. The van der Waals surface area contributed by atoms with Gasteiger partial charge in [0.25, 0.3) is 0 Å². The van der Waals surface area contributed by atoms with E-state index in [1.54, 1.807) is 0 Å². The average Bonchev–Trinajstić information content (AvgIpc) is 3.93. The number of hydrogen-bond donors (Lipinski definition) is 0. The van der Waals surface area contributed by atoms with Crippen LogP contribution in [0.25, 0.3) is 111 Å². The third kappa shape index (κ3) is 4.84. The molecule has 0 radical (unpaired) electrons. The van der Waals surface area contributed by atoms with Crippen LogP contribution in [-0.2, 0) is 0 Å². The Balaban J connectivity index is 1.19. The molecule has 0 atom stereocenters. The number of thiophene rings is 1. The van der Waals surface area contributed by atoms with Gasteiger partial charge < -0.3 is 0 Å². The van der Waals surface area contributed by atoms with E-state index in [0.29, 0.717) is 14.5 Å². The second-order valence-corrected chi connectivity index (χ2v) is 17.8. The maximum atomic E-state index is 2.55. The first kappa shape index (κ1) is 31.2. The van der Waals surface area contributed by atoms with E-state index < -0.39 is 0 Å². The van der Waals surface area contributed by atoms with E-state index in [0.717, 1.165) is 0 Å². The number of fused-ring (bicyclic) bond motifs is 11. The van der Waals surface area contributed by atoms with E-state index in [4.69, 9.17) is 0 Å². The van der Waals surface area contributed by atoms with Crippen LogP contribution < -0.4 is 0 Å². The second-order valence-electron chi connectivity index (χ2n) is 14.5. The molecule has 0 N–H and O–H groups in total. The van der Waals surface area contributed by atoms with Gasteiger partial charge in [-0.25, -0.2) is 0 Å². The monoisotopic (exact) mass is 781 g/mol. The van der Waals surface area contributed by atoms with Crippen LogP contribution in [-0.4, -0.2) is 19.1 Å². The first-order chi connectivity index (χ1) is 27.2. The molecule has 12 rings (SSSR count). The molecule has 0 aliphatic rings. The zero-order valence-corrected chi connectivity index (χ0v) is 32.2. The SMILES string of the molecule is c1ccc(-c2cc(-c3ccc4ccccc4c3)cc(-n3c4ccccc4c4cc(-c5ccc6[se]c7ccccc7c6c5)c5c6ccccc6sc5c43)c2)cc1. The number of hydrogen-bond acceptors (Lipinski definition) is 1. The van der Waals surface area contributed by atoms with E-state index in [1.807, 2.05) is 11.3 Å². The smallest absolute Gasteiger partial charge is 0.0544 e. The van der Waals surface area contributed by atoms with Gasteiger partial charge >= 0.3 is 229 Å². The van der Waals surface area contributed by atoms with Gasteiger partial charge in [-0.3, -0.25) is 0 Å². The molecule has 256 valence electrons. The van der Waals surface area contributed by atoms with Crippen molar-refractivity contribution < 1.29 is 0 Å². The average molecular weight is 781 g/mol. The summed E-state index contributed by atoms with van der Waals surface area (Å²) in [5.41, 5.74) is 11.1.